The van der Waals surface area contributed by atoms with Crippen molar-refractivity contribution in [2.45, 2.75) is 12.2 Å². The predicted octanol–water partition coefficient (Wildman–Crippen LogP) is 14.0. The number of hydrogen-bond donors (Lipinski definition) is 2. The molecule has 0 saturated carbocycles. The van der Waals surface area contributed by atoms with Gasteiger partial charge < -0.3 is 14.3 Å². The number of furan rings is 1. The van der Waals surface area contributed by atoms with Crippen LogP contribution in [0, 0.1) is 0 Å². The van der Waals surface area contributed by atoms with Crippen LogP contribution in [0.1, 0.15) is 29.1 Å². The molecule has 0 aliphatic carbocycles. The maximum atomic E-state index is 6.95. The molecule has 274 valence electrons. The minimum atomic E-state index is -0.232. The zero-order valence-electron chi connectivity index (χ0n) is 31.6. The molecule has 11 aromatic rings. The molecule has 3 heterocycles. The van der Waals surface area contributed by atoms with E-state index in [1.54, 1.807) is 0 Å². The number of nitrogens with one attached hydrogen (secondary N) is 2. The molecule has 0 saturated heterocycles. The number of fused-ring (bicyclic) bond motifs is 8. The Bertz CT molecular complexity index is 3350. The van der Waals surface area contributed by atoms with E-state index in [1.807, 2.05) is 0 Å². The molecule has 0 bridgehead atoms. The van der Waals surface area contributed by atoms with E-state index in [2.05, 4.69) is 215 Å². The van der Waals surface area contributed by atoms with Crippen molar-refractivity contribution in [3.05, 3.63) is 217 Å². The summed E-state index contributed by atoms with van der Waals surface area (Å²) in [6, 6.07) is 72.0. The molecule has 2 unspecified atom stereocenters. The van der Waals surface area contributed by atoms with Crippen molar-refractivity contribution in [2.75, 3.05) is 5.32 Å². The van der Waals surface area contributed by atoms with E-state index in [9.17, 15) is 0 Å². The Morgan fingerprint density at radius 1 is 0.431 bits per heavy atom. The number of rotatable bonds is 5. The van der Waals surface area contributed by atoms with E-state index < -0.39 is 0 Å². The summed E-state index contributed by atoms with van der Waals surface area (Å²) in [6.45, 7) is 0. The highest BCUT2D eigenvalue weighted by Crippen LogP contribution is 2.47. The normalized spacial score (nSPS) is 15.3. The molecule has 0 amide bonds. The molecule has 9 aromatic carbocycles. The molecule has 0 spiro atoms. The zero-order valence-corrected chi connectivity index (χ0v) is 31.6. The fourth-order valence-electron chi connectivity index (χ4n) is 9.31. The van der Waals surface area contributed by atoms with Crippen LogP contribution in [0.15, 0.2) is 205 Å². The molecule has 12 rings (SSSR count). The lowest BCUT2D eigenvalue weighted by molar-refractivity contribution is 0.422. The van der Waals surface area contributed by atoms with Gasteiger partial charge in [0, 0.05) is 21.5 Å². The average Bonchev–Trinajstić information content (AvgIpc) is 3.82. The van der Waals surface area contributed by atoms with Crippen molar-refractivity contribution in [2.24, 2.45) is 0 Å². The van der Waals surface area contributed by atoms with E-state index >= 15 is 0 Å². The van der Waals surface area contributed by atoms with Crippen LogP contribution in [0.4, 0.5) is 5.69 Å². The van der Waals surface area contributed by atoms with Crippen LogP contribution in [0.2, 0.25) is 0 Å². The van der Waals surface area contributed by atoms with Gasteiger partial charge >= 0.3 is 0 Å². The number of benzene rings is 9. The second-order valence-electron chi connectivity index (χ2n) is 15.4. The van der Waals surface area contributed by atoms with Gasteiger partial charge in [0.15, 0.2) is 0 Å². The molecule has 4 heteroatoms. The van der Waals surface area contributed by atoms with Crippen molar-refractivity contribution < 1.29 is 4.42 Å². The summed E-state index contributed by atoms with van der Waals surface area (Å²) in [5.41, 5.74) is 12.3. The van der Waals surface area contributed by atoms with Gasteiger partial charge in [-0.25, -0.2) is 0 Å². The lowest BCUT2D eigenvalue weighted by Crippen LogP contribution is -2.36. The van der Waals surface area contributed by atoms with Gasteiger partial charge in [-0.15, -0.1) is 0 Å². The Kier molecular flexibility index (Phi) is 7.40. The standard InChI is InChI=1S/C54H37N3O/c1-4-16-34(17-5-1)43-32-46-50(33-44(43)35-18-6-2-7-19-35)58-53-51(36-20-8-3-9-21-36)55-54(56-52(46)53)40-28-39-24-12-13-25-41(39)48(31-40)57-47-27-15-14-26-42(47)45-29-37-22-10-11-23-38(37)30-49(45)57/h1-33,51,54-56H. The van der Waals surface area contributed by atoms with Crippen LogP contribution in [0.25, 0.3) is 82.3 Å². The highest BCUT2D eigenvalue weighted by Gasteiger charge is 2.34. The molecular weight excluding hydrogens is 707 g/mol. The fraction of sp³-hybridized carbons (Fsp3) is 0.0370. The third kappa shape index (κ3) is 5.19. The van der Waals surface area contributed by atoms with Crippen molar-refractivity contribution >= 4 is 60.0 Å². The topological polar surface area (TPSA) is 42.1 Å². The maximum absolute atomic E-state index is 6.95. The SMILES string of the molecule is c1ccc(-c2cc3oc4c(c3cc2-c2ccccc2)NC(c2cc(-n3c5ccccc5c5cc6ccccc6cc53)c3ccccc3c2)NC4c2ccccc2)cc1. The van der Waals surface area contributed by atoms with E-state index in [1.165, 1.54) is 54.5 Å². The van der Waals surface area contributed by atoms with E-state index in [-0.39, 0.29) is 12.2 Å². The molecule has 0 fully saturated rings. The van der Waals surface area contributed by atoms with Crippen LogP contribution >= 0.6 is 0 Å². The van der Waals surface area contributed by atoms with E-state index in [0.29, 0.717) is 0 Å². The highest BCUT2D eigenvalue weighted by molar-refractivity contribution is 6.14. The quantitative estimate of drug-likeness (QED) is 0.184. The first-order valence-electron chi connectivity index (χ1n) is 20.0. The summed E-state index contributed by atoms with van der Waals surface area (Å²) in [7, 11) is 0. The summed E-state index contributed by atoms with van der Waals surface area (Å²) in [5.74, 6) is 0.886. The third-order valence-corrected chi connectivity index (χ3v) is 12.0. The van der Waals surface area contributed by atoms with Gasteiger partial charge in [-0.05, 0) is 92.0 Å². The number of aromatic nitrogens is 1. The maximum Gasteiger partial charge on any atom is 0.149 e. The molecule has 2 aromatic heterocycles. The predicted molar refractivity (Wildman–Crippen MR) is 241 cm³/mol. The Labute approximate surface area is 335 Å². The van der Waals surface area contributed by atoms with Gasteiger partial charge in [-0.2, -0.15) is 0 Å². The number of anilines is 1. The van der Waals surface area contributed by atoms with Crippen LogP contribution < -0.4 is 10.6 Å². The molecule has 1 aliphatic rings. The lowest BCUT2D eigenvalue weighted by Gasteiger charge is -2.33. The lowest BCUT2D eigenvalue weighted by atomic mass is 9.92. The summed E-state index contributed by atoms with van der Waals surface area (Å²) in [4.78, 5) is 0. The number of nitrogens with zero attached hydrogens (tertiary/aromatic N) is 1. The number of para-hydroxylation sites is 1. The first-order valence-corrected chi connectivity index (χ1v) is 20.0. The minimum Gasteiger partial charge on any atom is -0.457 e. The van der Waals surface area contributed by atoms with Gasteiger partial charge in [0.25, 0.3) is 0 Å². The van der Waals surface area contributed by atoms with E-state index in [0.717, 1.165) is 50.4 Å². The van der Waals surface area contributed by atoms with Crippen LogP contribution in [-0.2, 0) is 0 Å². The Morgan fingerprint density at radius 3 is 1.78 bits per heavy atom. The average molecular weight is 744 g/mol. The molecule has 4 nitrogen and oxygen atoms in total. The van der Waals surface area contributed by atoms with Crippen molar-refractivity contribution in [3.63, 3.8) is 0 Å². The van der Waals surface area contributed by atoms with Gasteiger partial charge in [-0.1, -0.05) is 158 Å². The van der Waals surface area contributed by atoms with Crippen molar-refractivity contribution in [1.29, 1.82) is 0 Å². The largest absolute Gasteiger partial charge is 0.457 e. The molecular formula is C54H37N3O. The molecule has 2 N–H and O–H groups in total. The first-order chi connectivity index (χ1) is 28.7. The van der Waals surface area contributed by atoms with Crippen LogP contribution in [0.5, 0.6) is 0 Å². The van der Waals surface area contributed by atoms with Crippen molar-refractivity contribution in [1.82, 2.24) is 9.88 Å². The van der Waals surface area contributed by atoms with Crippen LogP contribution in [0.3, 0.4) is 0 Å². The first kappa shape index (κ1) is 32.8. The number of hydrogen-bond acceptors (Lipinski definition) is 3. The molecule has 0 radical (unpaired) electrons. The third-order valence-electron chi connectivity index (χ3n) is 12.0. The second-order valence-corrected chi connectivity index (χ2v) is 15.4. The smallest absolute Gasteiger partial charge is 0.149 e. The van der Waals surface area contributed by atoms with Gasteiger partial charge in [0.2, 0.25) is 0 Å². The van der Waals surface area contributed by atoms with Gasteiger partial charge in [0.05, 0.1) is 28.5 Å². The minimum absolute atomic E-state index is 0.190. The molecule has 1 aliphatic heterocycles. The zero-order chi connectivity index (χ0) is 38.2. The monoisotopic (exact) mass is 743 g/mol. The molecule has 2 atom stereocenters. The highest BCUT2D eigenvalue weighted by atomic mass is 16.3. The van der Waals surface area contributed by atoms with Crippen LogP contribution in [-0.4, -0.2) is 4.57 Å². The summed E-state index contributed by atoms with van der Waals surface area (Å²) < 4.78 is 9.42. The Balaban J connectivity index is 1.08. The summed E-state index contributed by atoms with van der Waals surface area (Å²) >= 11 is 0. The summed E-state index contributed by atoms with van der Waals surface area (Å²) in [5, 5.41) is 16.4. The molecule has 58 heavy (non-hydrogen) atoms. The van der Waals surface area contributed by atoms with Gasteiger partial charge in [-0.3, -0.25) is 5.32 Å². The summed E-state index contributed by atoms with van der Waals surface area (Å²) in [6.07, 6.45) is -0.232. The Hall–Kier alpha value is -7.40. The van der Waals surface area contributed by atoms with E-state index in [4.69, 9.17) is 4.42 Å². The Morgan fingerprint density at radius 2 is 1.03 bits per heavy atom. The second kappa shape index (κ2) is 13.1. The van der Waals surface area contributed by atoms with Gasteiger partial charge in [0.1, 0.15) is 17.5 Å². The van der Waals surface area contributed by atoms with Crippen molar-refractivity contribution in [3.8, 4) is 27.9 Å². The fourth-order valence-corrected chi connectivity index (χ4v) is 9.31.